The van der Waals surface area contributed by atoms with E-state index in [1.165, 1.54) is 6.92 Å². The predicted octanol–water partition coefficient (Wildman–Crippen LogP) is 1.30. The van der Waals surface area contributed by atoms with E-state index >= 15 is 0 Å². The lowest BCUT2D eigenvalue weighted by Gasteiger charge is -2.28. The van der Waals surface area contributed by atoms with Gasteiger partial charge in [-0.3, -0.25) is 4.79 Å². The molecule has 1 aliphatic rings. The Balaban J connectivity index is 1.95. The van der Waals surface area contributed by atoms with Crippen LogP contribution < -0.4 is 10.2 Å². The van der Waals surface area contributed by atoms with Gasteiger partial charge in [-0.25, -0.2) is 14.6 Å². The molecule has 136 valence electrons. The minimum absolute atomic E-state index is 0.0452. The van der Waals surface area contributed by atoms with Crippen LogP contribution >= 0.6 is 11.8 Å². The first kappa shape index (κ1) is 17.9. The van der Waals surface area contributed by atoms with Gasteiger partial charge in [0.05, 0.1) is 31.3 Å². The molecule has 1 fully saturated rings. The van der Waals surface area contributed by atoms with Crippen LogP contribution in [0.5, 0.6) is 0 Å². The van der Waals surface area contributed by atoms with Crippen molar-refractivity contribution in [3.63, 3.8) is 0 Å². The molecule has 0 radical (unpaired) electrons. The third-order valence-electron chi connectivity index (χ3n) is 3.80. The van der Waals surface area contributed by atoms with Crippen molar-refractivity contribution in [1.29, 1.82) is 0 Å². The maximum atomic E-state index is 11.1. The first-order valence-electron chi connectivity index (χ1n) is 8.52. The molecule has 1 saturated heterocycles. The lowest BCUT2D eigenvalue weighted by Crippen LogP contribution is -2.37. The zero-order chi connectivity index (χ0) is 17.8. The van der Waals surface area contributed by atoms with Gasteiger partial charge in [-0.1, -0.05) is 25.6 Å². The average molecular weight is 364 g/mol. The number of nitrogens with one attached hydrogen (secondary N) is 1. The van der Waals surface area contributed by atoms with Crippen molar-refractivity contribution in [3.05, 3.63) is 6.20 Å². The zero-order valence-electron chi connectivity index (χ0n) is 14.9. The van der Waals surface area contributed by atoms with E-state index in [2.05, 4.69) is 29.2 Å². The maximum Gasteiger partial charge on any atom is 0.216 e. The van der Waals surface area contributed by atoms with E-state index in [1.54, 1.807) is 11.8 Å². The van der Waals surface area contributed by atoms with Crippen molar-refractivity contribution in [3.8, 4) is 0 Å². The van der Waals surface area contributed by atoms with Crippen molar-refractivity contribution in [2.45, 2.75) is 37.7 Å². The summed E-state index contributed by atoms with van der Waals surface area (Å²) in [6.45, 7) is 9.90. The van der Waals surface area contributed by atoms with Crippen molar-refractivity contribution >= 4 is 34.5 Å². The van der Waals surface area contributed by atoms with Crippen LogP contribution in [0.1, 0.15) is 20.8 Å². The van der Waals surface area contributed by atoms with Gasteiger partial charge in [-0.2, -0.15) is 5.10 Å². The zero-order valence-corrected chi connectivity index (χ0v) is 15.7. The van der Waals surface area contributed by atoms with Gasteiger partial charge in [0, 0.05) is 31.8 Å². The molecule has 0 saturated carbocycles. The normalized spacial score (nSPS) is 15.1. The summed E-state index contributed by atoms with van der Waals surface area (Å²) in [5.74, 6) is 0.873. The number of hydrogen-bond donors (Lipinski definition) is 1. The predicted molar refractivity (Wildman–Crippen MR) is 98.0 cm³/mol. The van der Waals surface area contributed by atoms with E-state index in [9.17, 15) is 4.79 Å². The van der Waals surface area contributed by atoms with E-state index in [4.69, 9.17) is 14.7 Å². The number of amides is 1. The molecule has 1 N–H and O–H groups in total. The summed E-state index contributed by atoms with van der Waals surface area (Å²) in [6.07, 6.45) is 1.82. The second-order valence-electron chi connectivity index (χ2n) is 6.18. The Kier molecular flexibility index (Phi) is 5.74. The topological polar surface area (TPSA) is 85.2 Å². The van der Waals surface area contributed by atoms with E-state index in [1.807, 2.05) is 10.9 Å². The van der Waals surface area contributed by atoms with Gasteiger partial charge < -0.3 is 15.0 Å². The molecule has 0 aromatic carbocycles. The fourth-order valence-electron chi connectivity index (χ4n) is 2.70. The maximum absolute atomic E-state index is 11.1. The smallest absolute Gasteiger partial charge is 0.216 e. The number of anilines is 1. The molecule has 2 aromatic rings. The van der Waals surface area contributed by atoms with Gasteiger partial charge in [0.1, 0.15) is 5.82 Å². The van der Waals surface area contributed by atoms with Crippen LogP contribution in [0.4, 0.5) is 5.82 Å². The van der Waals surface area contributed by atoms with Crippen molar-refractivity contribution in [1.82, 2.24) is 25.1 Å². The number of ether oxygens (including phenoxy) is 1. The Labute approximate surface area is 151 Å². The minimum Gasteiger partial charge on any atom is -0.378 e. The van der Waals surface area contributed by atoms with Crippen LogP contribution in [0, 0.1) is 0 Å². The van der Waals surface area contributed by atoms with Gasteiger partial charge in [0.25, 0.3) is 0 Å². The number of thioether (sulfide) groups is 1. The summed E-state index contributed by atoms with van der Waals surface area (Å²) in [6, 6.07) is 0. The van der Waals surface area contributed by atoms with Gasteiger partial charge in [-0.15, -0.1) is 0 Å². The summed E-state index contributed by atoms with van der Waals surface area (Å²) in [5, 5.41) is 9.35. The summed E-state index contributed by atoms with van der Waals surface area (Å²) in [7, 11) is 0. The molecule has 1 amide bonds. The molecule has 0 spiro atoms. The Bertz CT molecular complexity index is 742. The van der Waals surface area contributed by atoms with Crippen molar-refractivity contribution in [2.24, 2.45) is 0 Å². The Morgan fingerprint density at radius 1 is 1.36 bits per heavy atom. The highest BCUT2D eigenvalue weighted by atomic mass is 32.2. The molecular weight excluding hydrogens is 340 g/mol. The third kappa shape index (κ3) is 4.40. The minimum atomic E-state index is -0.0452. The van der Waals surface area contributed by atoms with Crippen LogP contribution in [-0.2, 0) is 16.1 Å². The summed E-state index contributed by atoms with van der Waals surface area (Å²) >= 11 is 1.64. The quantitative estimate of drug-likeness (QED) is 0.611. The summed E-state index contributed by atoms with van der Waals surface area (Å²) < 4.78 is 7.29. The molecule has 0 atom stereocenters. The van der Waals surface area contributed by atoms with Gasteiger partial charge in [0.15, 0.2) is 10.8 Å². The fraction of sp³-hybridized carbons (Fsp3) is 0.625. The first-order chi connectivity index (χ1) is 12.0. The van der Waals surface area contributed by atoms with Crippen LogP contribution in [0.25, 0.3) is 11.0 Å². The molecule has 2 aromatic heterocycles. The fourth-order valence-corrected chi connectivity index (χ4v) is 3.40. The molecule has 3 heterocycles. The Morgan fingerprint density at radius 3 is 2.80 bits per heavy atom. The number of carbonyl (C=O) groups is 1. The van der Waals surface area contributed by atoms with Crippen LogP contribution in [-0.4, -0.2) is 63.8 Å². The number of rotatable bonds is 6. The number of fused-ring (bicyclic) bond motifs is 1. The molecule has 3 rings (SSSR count). The van der Waals surface area contributed by atoms with E-state index in [0.717, 1.165) is 35.1 Å². The number of nitrogens with zero attached hydrogens (tertiary/aromatic N) is 5. The SMILES string of the molecule is CC(=O)NCCn1ncc2c(N3CCOCC3)nc(SC(C)C)nc21. The lowest BCUT2D eigenvalue weighted by atomic mass is 10.3. The average Bonchev–Trinajstić information content (AvgIpc) is 2.97. The Hall–Kier alpha value is -1.87. The highest BCUT2D eigenvalue weighted by molar-refractivity contribution is 7.99. The molecule has 9 heteroatoms. The molecular formula is C16H24N6O2S. The number of aromatic nitrogens is 4. The summed E-state index contributed by atoms with van der Waals surface area (Å²) in [4.78, 5) is 22.8. The van der Waals surface area contributed by atoms with Crippen LogP contribution in [0.15, 0.2) is 11.4 Å². The second-order valence-corrected chi connectivity index (χ2v) is 7.73. The number of carbonyl (C=O) groups excluding carboxylic acids is 1. The molecule has 8 nitrogen and oxygen atoms in total. The monoisotopic (exact) mass is 364 g/mol. The molecule has 1 aliphatic heterocycles. The Morgan fingerprint density at radius 2 is 2.12 bits per heavy atom. The van der Waals surface area contributed by atoms with Crippen LogP contribution in [0.2, 0.25) is 0 Å². The highest BCUT2D eigenvalue weighted by Gasteiger charge is 2.20. The van der Waals surface area contributed by atoms with Gasteiger partial charge in [0.2, 0.25) is 5.91 Å². The number of morpholine rings is 1. The van der Waals surface area contributed by atoms with Crippen molar-refractivity contribution in [2.75, 3.05) is 37.7 Å². The lowest BCUT2D eigenvalue weighted by molar-refractivity contribution is -0.118. The molecule has 0 unspecified atom stereocenters. The van der Waals surface area contributed by atoms with E-state index in [0.29, 0.717) is 31.6 Å². The standard InChI is InChI=1S/C16H24N6O2S/c1-11(2)25-16-19-14(21-6-8-24-9-7-21)13-10-18-22(15(13)20-16)5-4-17-12(3)23/h10-11H,4-9H2,1-3H3,(H,17,23). The first-order valence-corrected chi connectivity index (χ1v) is 9.40. The van der Waals surface area contributed by atoms with Gasteiger partial charge >= 0.3 is 0 Å². The summed E-state index contributed by atoms with van der Waals surface area (Å²) in [5.41, 5.74) is 0.810. The second kappa shape index (κ2) is 8.01. The van der Waals surface area contributed by atoms with Gasteiger partial charge in [-0.05, 0) is 0 Å². The van der Waals surface area contributed by atoms with E-state index in [-0.39, 0.29) is 5.91 Å². The molecule has 0 bridgehead atoms. The highest BCUT2D eigenvalue weighted by Crippen LogP contribution is 2.29. The largest absolute Gasteiger partial charge is 0.378 e. The number of hydrogen-bond acceptors (Lipinski definition) is 7. The van der Waals surface area contributed by atoms with Crippen LogP contribution in [0.3, 0.4) is 0 Å². The molecule has 0 aliphatic carbocycles. The van der Waals surface area contributed by atoms with E-state index < -0.39 is 0 Å². The molecule has 25 heavy (non-hydrogen) atoms. The third-order valence-corrected chi connectivity index (χ3v) is 4.67. The van der Waals surface area contributed by atoms with Crippen molar-refractivity contribution < 1.29 is 9.53 Å².